The van der Waals surface area contributed by atoms with Crippen molar-refractivity contribution in [2.45, 2.75) is 70.9 Å². The second-order valence-corrected chi connectivity index (χ2v) is 7.36. The minimum absolute atomic E-state index is 0.0388. The van der Waals surface area contributed by atoms with Crippen LogP contribution in [0.25, 0.3) is 5.69 Å². The number of benzene rings is 1. The van der Waals surface area contributed by atoms with E-state index < -0.39 is 17.9 Å². The van der Waals surface area contributed by atoms with Crippen LogP contribution >= 0.6 is 0 Å². The zero-order chi connectivity index (χ0) is 24.7. The predicted molar refractivity (Wildman–Crippen MR) is 118 cm³/mol. The Labute approximate surface area is 190 Å². The van der Waals surface area contributed by atoms with Gasteiger partial charge in [0.15, 0.2) is 0 Å². The lowest BCUT2D eigenvalue weighted by Gasteiger charge is -2.08. The molecule has 0 radical (unpaired) electrons. The summed E-state index contributed by atoms with van der Waals surface area (Å²) < 4.78 is 42.7. The lowest BCUT2D eigenvalue weighted by Crippen LogP contribution is -2.21. The molecule has 1 aromatic heterocycles. The van der Waals surface area contributed by atoms with E-state index in [2.05, 4.69) is 17.3 Å². The van der Waals surface area contributed by atoms with Gasteiger partial charge in [0.05, 0.1) is 12.8 Å². The molecule has 0 unspecified atom stereocenters. The van der Waals surface area contributed by atoms with E-state index in [4.69, 9.17) is 19.1 Å². The van der Waals surface area contributed by atoms with Crippen molar-refractivity contribution in [2.75, 3.05) is 19.0 Å². The van der Waals surface area contributed by atoms with Crippen LogP contribution < -0.4 is 15.8 Å². The first-order chi connectivity index (χ1) is 15.7. The van der Waals surface area contributed by atoms with Crippen molar-refractivity contribution in [1.29, 1.82) is 0 Å². The number of halogens is 3. The topological polar surface area (TPSA) is 107 Å². The van der Waals surface area contributed by atoms with E-state index in [-0.39, 0.29) is 6.08 Å². The molecule has 2 aromatic rings. The van der Waals surface area contributed by atoms with E-state index in [1.54, 1.807) is 0 Å². The molecule has 0 spiro atoms. The first-order valence-corrected chi connectivity index (χ1v) is 11.0. The van der Waals surface area contributed by atoms with Gasteiger partial charge in [-0.2, -0.15) is 17.9 Å². The van der Waals surface area contributed by atoms with E-state index in [0.717, 1.165) is 18.7 Å². The number of carboxylic acid groups (broad SMARTS) is 1. The molecule has 0 saturated heterocycles. The standard InChI is InChI=1S/C20H31N3O3.C2HF3O2/c1-3-4-5-6-7-8-9-10-11-15-21-17-13-12-14-18(16-17)23-20(24)26-19(22-23)25-2;3-2(4,5)1(6)7/h12-14,16,21H,3-11,15H2,1-2H3;(H,6,7). The Balaban J connectivity index is 0.000000675. The maximum Gasteiger partial charge on any atom is 0.490 e. The third-order valence-electron chi connectivity index (χ3n) is 4.65. The molecular formula is C22H32F3N3O5. The van der Waals surface area contributed by atoms with Crippen molar-refractivity contribution in [2.24, 2.45) is 0 Å². The summed E-state index contributed by atoms with van der Waals surface area (Å²) in [6, 6.07) is 7.57. The number of ether oxygens (including phenoxy) is 1. The van der Waals surface area contributed by atoms with E-state index >= 15 is 0 Å². The first-order valence-electron chi connectivity index (χ1n) is 11.0. The SMILES string of the molecule is CCCCCCCCCCCNc1cccc(-n2nc(OC)oc2=O)c1.O=C(O)C(F)(F)F. The molecule has 0 amide bonds. The highest BCUT2D eigenvalue weighted by Gasteiger charge is 2.38. The van der Waals surface area contributed by atoms with Crippen LogP contribution in [0.4, 0.5) is 18.9 Å². The first kappa shape index (κ1) is 28.1. The Morgan fingerprint density at radius 3 is 2.21 bits per heavy atom. The lowest BCUT2D eigenvalue weighted by atomic mass is 10.1. The Kier molecular flexibility index (Phi) is 12.7. The maximum atomic E-state index is 11.8. The lowest BCUT2D eigenvalue weighted by molar-refractivity contribution is -0.192. The maximum absolute atomic E-state index is 11.8. The third-order valence-corrected chi connectivity index (χ3v) is 4.65. The molecule has 33 heavy (non-hydrogen) atoms. The van der Waals surface area contributed by atoms with Crippen molar-refractivity contribution >= 4 is 11.7 Å². The number of hydrogen-bond acceptors (Lipinski definition) is 6. The Bertz CT molecular complexity index is 881. The normalized spacial score (nSPS) is 10.9. The molecule has 0 bridgehead atoms. The Hall–Kier alpha value is -2.98. The molecule has 11 heteroatoms. The third kappa shape index (κ3) is 11.4. The summed E-state index contributed by atoms with van der Waals surface area (Å²) in [4.78, 5) is 20.7. The number of nitrogens with zero attached hydrogens (tertiary/aromatic N) is 2. The minimum Gasteiger partial charge on any atom is -0.475 e. The molecule has 0 aliphatic rings. The van der Waals surface area contributed by atoms with Crippen molar-refractivity contribution in [3.8, 4) is 11.8 Å². The molecule has 1 aromatic carbocycles. The number of aliphatic carboxylic acids is 1. The fraction of sp³-hybridized carbons (Fsp3) is 0.591. The van der Waals surface area contributed by atoms with Crippen LogP contribution in [-0.2, 0) is 4.79 Å². The summed E-state index contributed by atoms with van der Waals surface area (Å²) in [5.41, 5.74) is 1.62. The van der Waals surface area contributed by atoms with Gasteiger partial charge in [0.25, 0.3) is 0 Å². The monoisotopic (exact) mass is 475 g/mol. The second-order valence-electron chi connectivity index (χ2n) is 7.36. The molecule has 2 N–H and O–H groups in total. The van der Waals surface area contributed by atoms with Crippen molar-refractivity contribution < 1.29 is 32.2 Å². The fourth-order valence-corrected chi connectivity index (χ4v) is 2.92. The number of hydrogen-bond donors (Lipinski definition) is 2. The van der Waals surface area contributed by atoms with Gasteiger partial charge >= 0.3 is 24.0 Å². The van der Waals surface area contributed by atoms with Crippen molar-refractivity contribution in [1.82, 2.24) is 9.78 Å². The van der Waals surface area contributed by atoms with Gasteiger partial charge in [-0.3, -0.25) is 0 Å². The van der Waals surface area contributed by atoms with Gasteiger partial charge in [0, 0.05) is 12.2 Å². The largest absolute Gasteiger partial charge is 0.490 e. The van der Waals surface area contributed by atoms with E-state index in [1.807, 2.05) is 24.3 Å². The van der Waals surface area contributed by atoms with Crippen LogP contribution in [0.3, 0.4) is 0 Å². The van der Waals surface area contributed by atoms with Crippen LogP contribution in [0.2, 0.25) is 0 Å². The van der Waals surface area contributed by atoms with Gasteiger partial charge in [-0.15, -0.1) is 0 Å². The second kappa shape index (κ2) is 15.0. The highest BCUT2D eigenvalue weighted by Crippen LogP contribution is 2.15. The number of carboxylic acids is 1. The zero-order valence-electron chi connectivity index (χ0n) is 19.0. The van der Waals surface area contributed by atoms with Crippen LogP contribution in [0.15, 0.2) is 33.5 Å². The average Bonchev–Trinajstić information content (AvgIpc) is 3.16. The van der Waals surface area contributed by atoms with Crippen molar-refractivity contribution in [3.63, 3.8) is 0 Å². The van der Waals surface area contributed by atoms with Crippen molar-refractivity contribution in [3.05, 3.63) is 34.8 Å². The summed E-state index contributed by atoms with van der Waals surface area (Å²) in [6.45, 7) is 3.18. The van der Waals surface area contributed by atoms with E-state index in [0.29, 0.717) is 5.69 Å². The number of rotatable bonds is 13. The van der Waals surface area contributed by atoms with Gasteiger partial charge in [0.2, 0.25) is 0 Å². The van der Waals surface area contributed by atoms with Gasteiger partial charge in [0.1, 0.15) is 0 Å². The smallest absolute Gasteiger partial charge is 0.475 e. The Morgan fingerprint density at radius 2 is 1.70 bits per heavy atom. The molecule has 1 heterocycles. The highest BCUT2D eigenvalue weighted by atomic mass is 19.4. The number of nitrogens with one attached hydrogen (secondary N) is 1. The summed E-state index contributed by atoms with van der Waals surface area (Å²) in [6.07, 6.45) is 6.74. The number of methoxy groups -OCH3 is 1. The summed E-state index contributed by atoms with van der Waals surface area (Å²) in [7, 11) is 1.42. The summed E-state index contributed by atoms with van der Waals surface area (Å²) in [5.74, 6) is -3.31. The number of anilines is 1. The fourth-order valence-electron chi connectivity index (χ4n) is 2.92. The average molecular weight is 476 g/mol. The molecule has 8 nitrogen and oxygen atoms in total. The van der Waals surface area contributed by atoms with Gasteiger partial charge in [-0.05, 0) is 24.6 Å². The molecule has 0 fully saturated rings. The molecule has 0 aliphatic carbocycles. The number of unbranched alkanes of at least 4 members (excludes halogenated alkanes) is 8. The van der Waals surface area contributed by atoms with Gasteiger partial charge in [-0.25, -0.2) is 9.59 Å². The number of carbonyl (C=O) groups is 1. The zero-order valence-corrected chi connectivity index (χ0v) is 19.0. The quantitative estimate of drug-likeness (QED) is 0.373. The molecule has 0 saturated carbocycles. The molecule has 2 rings (SSSR count). The van der Waals surface area contributed by atoms with Gasteiger partial charge < -0.3 is 19.6 Å². The van der Waals surface area contributed by atoms with Gasteiger partial charge in [-0.1, -0.05) is 69.5 Å². The van der Waals surface area contributed by atoms with Crippen LogP contribution in [0.1, 0.15) is 64.7 Å². The highest BCUT2D eigenvalue weighted by molar-refractivity contribution is 5.73. The van der Waals surface area contributed by atoms with Crippen LogP contribution in [0, 0.1) is 0 Å². The van der Waals surface area contributed by atoms with Crippen LogP contribution in [0.5, 0.6) is 6.08 Å². The predicted octanol–water partition coefficient (Wildman–Crippen LogP) is 5.41. The molecule has 186 valence electrons. The number of alkyl halides is 3. The molecule has 0 aliphatic heterocycles. The minimum atomic E-state index is -5.08. The Morgan fingerprint density at radius 1 is 1.12 bits per heavy atom. The van der Waals surface area contributed by atoms with Crippen LogP contribution in [-0.4, -0.2) is 40.7 Å². The molecule has 0 atom stereocenters. The molecular weight excluding hydrogens is 443 g/mol. The van der Waals surface area contributed by atoms with E-state index in [1.165, 1.54) is 63.2 Å². The summed E-state index contributed by atoms with van der Waals surface area (Å²) >= 11 is 0. The summed E-state index contributed by atoms with van der Waals surface area (Å²) in [5, 5.41) is 14.5. The van der Waals surface area contributed by atoms with E-state index in [9.17, 15) is 18.0 Å². The number of aromatic nitrogens is 2.